The van der Waals surface area contributed by atoms with E-state index in [0.29, 0.717) is 0 Å². The summed E-state index contributed by atoms with van der Waals surface area (Å²) in [6, 6.07) is 0. The van der Waals surface area contributed by atoms with Crippen LogP contribution in [0.5, 0.6) is 0 Å². The highest BCUT2D eigenvalue weighted by Gasteiger charge is 2.12. The Labute approximate surface area is 325 Å². The summed E-state index contributed by atoms with van der Waals surface area (Å²) in [5.74, 6) is 2.59. The van der Waals surface area contributed by atoms with Gasteiger partial charge in [-0.3, -0.25) is 0 Å². The lowest BCUT2D eigenvalue weighted by Crippen LogP contribution is -2.25. The van der Waals surface area contributed by atoms with Gasteiger partial charge in [0, 0.05) is 6.54 Å². The highest BCUT2D eigenvalue weighted by molar-refractivity contribution is 4.96. The van der Waals surface area contributed by atoms with Crippen molar-refractivity contribution in [3.63, 3.8) is 0 Å². The van der Waals surface area contributed by atoms with Gasteiger partial charge < -0.3 is 4.90 Å². The molecule has 0 heterocycles. The molecule has 0 aliphatic carbocycles. The molecule has 0 saturated heterocycles. The molecule has 1 nitrogen and oxygen atoms in total. The number of hydrogen-bond acceptors (Lipinski definition) is 1. The van der Waals surface area contributed by atoms with Crippen molar-refractivity contribution in [1.29, 1.82) is 0 Å². The standard InChI is InChI=1S/C50H99N/c1-9-13-16-19-24-32-39-49(12-4)43-46(5)37-30-28-31-38-48(7)45-51(8)42-35-27-22-23-29-36-47(6)44-50(40-33-25-20-17-14-10-2)41-34-26-21-18-15-11-3/h48-50H,5-6,9-45H2,1-4,7-8H3. The van der Waals surface area contributed by atoms with Gasteiger partial charge in [-0.25, -0.2) is 0 Å². The fraction of sp³-hybridized carbons (Fsp3) is 0.920. The molecule has 0 aliphatic rings. The number of hydrogen-bond donors (Lipinski definition) is 0. The molecule has 0 saturated carbocycles. The molecule has 0 aromatic carbocycles. The van der Waals surface area contributed by atoms with Crippen LogP contribution in [-0.4, -0.2) is 25.0 Å². The minimum absolute atomic E-state index is 0.817. The molecule has 304 valence electrons. The monoisotopic (exact) mass is 714 g/mol. The van der Waals surface area contributed by atoms with E-state index in [2.05, 4.69) is 59.7 Å². The van der Waals surface area contributed by atoms with Gasteiger partial charge in [-0.05, 0) is 82.7 Å². The molecule has 2 unspecified atom stereocenters. The van der Waals surface area contributed by atoms with Crippen molar-refractivity contribution >= 4 is 0 Å². The van der Waals surface area contributed by atoms with Crippen LogP contribution in [0.1, 0.15) is 259 Å². The second kappa shape index (κ2) is 39.1. The highest BCUT2D eigenvalue weighted by Crippen LogP contribution is 2.28. The molecule has 0 radical (unpaired) electrons. The maximum atomic E-state index is 4.58. The lowest BCUT2D eigenvalue weighted by atomic mass is 9.87. The van der Waals surface area contributed by atoms with Crippen LogP contribution in [0.2, 0.25) is 0 Å². The minimum Gasteiger partial charge on any atom is -0.306 e. The van der Waals surface area contributed by atoms with E-state index in [-0.39, 0.29) is 0 Å². The second-order valence-corrected chi connectivity index (χ2v) is 17.7. The summed E-state index contributed by atoms with van der Waals surface area (Å²) in [6.07, 6.45) is 48.8. The zero-order valence-corrected chi connectivity index (χ0v) is 36.8. The quantitative estimate of drug-likeness (QED) is 0.0450. The Bertz CT molecular complexity index is 707. The van der Waals surface area contributed by atoms with E-state index in [1.165, 1.54) is 243 Å². The molecule has 1 heteroatoms. The Kier molecular flexibility index (Phi) is 38.7. The first-order valence-electron chi connectivity index (χ1n) is 23.9. The van der Waals surface area contributed by atoms with E-state index in [1.54, 1.807) is 5.57 Å². The fourth-order valence-electron chi connectivity index (χ4n) is 8.51. The first-order chi connectivity index (χ1) is 24.9. The first kappa shape index (κ1) is 50.4. The molecular weight excluding hydrogens is 615 g/mol. The zero-order valence-electron chi connectivity index (χ0n) is 36.8. The molecule has 0 aromatic rings. The summed E-state index contributed by atoms with van der Waals surface area (Å²) in [7, 11) is 2.35. The third-order valence-electron chi connectivity index (χ3n) is 12.1. The van der Waals surface area contributed by atoms with Crippen molar-refractivity contribution in [2.24, 2.45) is 17.8 Å². The molecule has 0 fully saturated rings. The molecule has 0 amide bonds. The molecule has 51 heavy (non-hydrogen) atoms. The molecule has 0 aromatic heterocycles. The Morgan fingerprint density at radius 2 is 0.784 bits per heavy atom. The predicted molar refractivity (Wildman–Crippen MR) is 236 cm³/mol. The summed E-state index contributed by atoms with van der Waals surface area (Å²) in [5.41, 5.74) is 3.08. The van der Waals surface area contributed by atoms with Crippen molar-refractivity contribution in [2.45, 2.75) is 259 Å². The maximum Gasteiger partial charge on any atom is 0.000397 e. The van der Waals surface area contributed by atoms with Gasteiger partial charge in [0.15, 0.2) is 0 Å². The zero-order chi connectivity index (χ0) is 37.6. The van der Waals surface area contributed by atoms with Gasteiger partial charge in [-0.1, -0.05) is 232 Å². The van der Waals surface area contributed by atoms with Gasteiger partial charge in [0.05, 0.1) is 0 Å². The summed E-state index contributed by atoms with van der Waals surface area (Å²) in [5, 5.41) is 0. The smallest absolute Gasteiger partial charge is 0.000397 e. The predicted octanol–water partition coefficient (Wildman–Crippen LogP) is 17.6. The van der Waals surface area contributed by atoms with Gasteiger partial charge in [-0.15, -0.1) is 0 Å². The van der Waals surface area contributed by atoms with Crippen molar-refractivity contribution in [2.75, 3.05) is 20.1 Å². The Hall–Kier alpha value is -0.560. The fourth-order valence-corrected chi connectivity index (χ4v) is 8.51. The van der Waals surface area contributed by atoms with Crippen LogP contribution in [-0.2, 0) is 0 Å². The second-order valence-electron chi connectivity index (χ2n) is 17.7. The highest BCUT2D eigenvalue weighted by atomic mass is 15.1. The van der Waals surface area contributed by atoms with Gasteiger partial charge in [0.2, 0.25) is 0 Å². The number of rotatable bonds is 42. The minimum atomic E-state index is 0.817. The topological polar surface area (TPSA) is 3.24 Å². The summed E-state index contributed by atoms with van der Waals surface area (Å²) in [4.78, 5) is 2.61. The number of unbranched alkanes of at least 4 members (excludes halogenated alkanes) is 21. The summed E-state index contributed by atoms with van der Waals surface area (Å²) >= 11 is 0. The van der Waals surface area contributed by atoms with Crippen LogP contribution < -0.4 is 0 Å². The SMILES string of the molecule is C=C(CCCCCC(C)CN(C)CCCCCCCC(=C)CC(CCCCCCCC)CCCCCCCC)CC(CC)CCCCCCCC. The summed E-state index contributed by atoms with van der Waals surface area (Å²) in [6.45, 7) is 23.4. The molecule has 0 spiro atoms. The summed E-state index contributed by atoms with van der Waals surface area (Å²) < 4.78 is 0. The van der Waals surface area contributed by atoms with Gasteiger partial charge >= 0.3 is 0 Å². The molecule has 0 N–H and O–H groups in total. The van der Waals surface area contributed by atoms with Crippen molar-refractivity contribution < 1.29 is 0 Å². The van der Waals surface area contributed by atoms with E-state index in [1.807, 2.05) is 0 Å². The molecule has 0 rings (SSSR count). The van der Waals surface area contributed by atoms with E-state index in [9.17, 15) is 0 Å². The van der Waals surface area contributed by atoms with Crippen LogP contribution in [0.4, 0.5) is 0 Å². The third kappa shape index (κ3) is 36.2. The average molecular weight is 714 g/mol. The van der Waals surface area contributed by atoms with E-state index >= 15 is 0 Å². The Morgan fingerprint density at radius 3 is 1.25 bits per heavy atom. The lowest BCUT2D eigenvalue weighted by molar-refractivity contribution is 0.268. The molecule has 0 aliphatic heterocycles. The average Bonchev–Trinajstić information content (AvgIpc) is 3.11. The van der Waals surface area contributed by atoms with Gasteiger partial charge in [0.1, 0.15) is 0 Å². The maximum absolute atomic E-state index is 4.58. The van der Waals surface area contributed by atoms with E-state index in [0.717, 1.165) is 17.8 Å². The van der Waals surface area contributed by atoms with E-state index < -0.39 is 0 Å². The van der Waals surface area contributed by atoms with Gasteiger partial charge in [-0.2, -0.15) is 0 Å². The number of allylic oxidation sites excluding steroid dienone is 2. The Balaban J connectivity index is 3.96. The van der Waals surface area contributed by atoms with Crippen molar-refractivity contribution in [3.05, 3.63) is 24.3 Å². The van der Waals surface area contributed by atoms with Crippen LogP contribution in [0.25, 0.3) is 0 Å². The van der Waals surface area contributed by atoms with Crippen molar-refractivity contribution in [1.82, 2.24) is 4.90 Å². The first-order valence-corrected chi connectivity index (χ1v) is 23.9. The third-order valence-corrected chi connectivity index (χ3v) is 12.1. The largest absolute Gasteiger partial charge is 0.306 e. The normalized spacial score (nSPS) is 13.0. The lowest BCUT2D eigenvalue weighted by Gasteiger charge is -2.21. The number of nitrogens with zero attached hydrogens (tertiary/aromatic N) is 1. The molecule has 2 atom stereocenters. The Morgan fingerprint density at radius 1 is 0.431 bits per heavy atom. The van der Waals surface area contributed by atoms with Crippen molar-refractivity contribution in [3.8, 4) is 0 Å². The van der Waals surface area contributed by atoms with Crippen LogP contribution >= 0.6 is 0 Å². The van der Waals surface area contributed by atoms with Crippen LogP contribution in [0, 0.1) is 17.8 Å². The molecular formula is C50H99N. The molecule has 0 bridgehead atoms. The van der Waals surface area contributed by atoms with Gasteiger partial charge in [0.25, 0.3) is 0 Å². The van der Waals surface area contributed by atoms with E-state index in [4.69, 9.17) is 0 Å². The van der Waals surface area contributed by atoms with Crippen LogP contribution in [0.15, 0.2) is 24.3 Å². The van der Waals surface area contributed by atoms with Crippen LogP contribution in [0.3, 0.4) is 0 Å².